The minimum atomic E-state index is -3.32. The summed E-state index contributed by atoms with van der Waals surface area (Å²) in [5.41, 5.74) is 2.38. The van der Waals surface area contributed by atoms with E-state index in [2.05, 4.69) is 30.3 Å². The van der Waals surface area contributed by atoms with Crippen LogP contribution in [0.1, 0.15) is 24.2 Å². The molecule has 30 heavy (non-hydrogen) atoms. The highest BCUT2D eigenvalue weighted by Crippen LogP contribution is 2.22. The van der Waals surface area contributed by atoms with Crippen molar-refractivity contribution in [2.45, 2.75) is 25.3 Å². The third-order valence-corrected chi connectivity index (χ3v) is 6.99. The maximum atomic E-state index is 12.8. The molecule has 0 aliphatic heterocycles. The first-order valence-electron chi connectivity index (χ1n) is 9.66. The predicted molar refractivity (Wildman–Crippen MR) is 123 cm³/mol. The highest BCUT2D eigenvalue weighted by atomic mass is 32.2. The molecule has 1 aromatic heterocycles. The highest BCUT2D eigenvalue weighted by Gasteiger charge is 2.13. The van der Waals surface area contributed by atoms with E-state index in [1.165, 1.54) is 17.6 Å². The van der Waals surface area contributed by atoms with Gasteiger partial charge < -0.3 is 9.47 Å². The lowest BCUT2D eigenvalue weighted by atomic mass is 10.2. The van der Waals surface area contributed by atoms with Gasteiger partial charge in [0.2, 0.25) is 0 Å². The molecule has 0 atom stereocenters. The van der Waals surface area contributed by atoms with E-state index >= 15 is 0 Å². The minimum Gasteiger partial charge on any atom is -0.372 e. The molecule has 1 heterocycles. The lowest BCUT2D eigenvalue weighted by Gasteiger charge is -2.20. The maximum absolute atomic E-state index is 12.8. The summed E-state index contributed by atoms with van der Waals surface area (Å²) in [4.78, 5) is 20.1. The van der Waals surface area contributed by atoms with E-state index < -0.39 is 9.84 Å². The number of carbonyl (C=O) groups is 1. The number of carbonyl (C=O) groups excluding carboxylic acids is 1. The Labute approximate surface area is 180 Å². The normalized spacial score (nSPS) is 12.3. The number of thiazole rings is 1. The van der Waals surface area contributed by atoms with Crippen LogP contribution in [0.25, 0.3) is 10.2 Å². The zero-order valence-electron chi connectivity index (χ0n) is 17.3. The molecule has 0 saturated heterocycles. The summed E-state index contributed by atoms with van der Waals surface area (Å²) < 4.78 is 26.4. The largest absolute Gasteiger partial charge is 0.372 e. The van der Waals surface area contributed by atoms with Crippen LogP contribution in [0.3, 0.4) is 0 Å². The summed E-state index contributed by atoms with van der Waals surface area (Å²) >= 11 is 1.29. The Balaban J connectivity index is 2.04. The zero-order valence-corrected chi connectivity index (χ0v) is 19.0. The quantitative estimate of drug-likeness (QED) is 0.520. The molecule has 0 fully saturated rings. The number of hydrogen-bond acceptors (Lipinski definition) is 5. The Hall–Kier alpha value is -2.71. The summed E-state index contributed by atoms with van der Waals surface area (Å²) in [6.45, 7) is 10.2. The van der Waals surface area contributed by atoms with Gasteiger partial charge in [-0.05, 0) is 56.3 Å². The van der Waals surface area contributed by atoms with Crippen LogP contribution in [-0.4, -0.2) is 38.2 Å². The van der Waals surface area contributed by atoms with Gasteiger partial charge in [-0.1, -0.05) is 17.4 Å². The number of rotatable bonds is 7. The smallest absolute Gasteiger partial charge is 0.279 e. The maximum Gasteiger partial charge on any atom is 0.279 e. The van der Waals surface area contributed by atoms with Crippen molar-refractivity contribution in [3.05, 3.63) is 65.5 Å². The number of allylic oxidation sites excluding steroid dienone is 1. The standard InChI is InChI=1S/C22H25N3O3S2/c1-5-14-25-19-13-12-18(30(4,27)28)15-20(19)29-22(25)23-21(26)16-8-10-17(11-9-16)24(6-2)7-3/h5,8-13,15H,1,6-7,14H2,2-4H3. The molecule has 0 N–H and O–H groups in total. The minimum absolute atomic E-state index is 0.242. The van der Waals surface area contributed by atoms with Crippen LogP contribution in [0.2, 0.25) is 0 Å². The van der Waals surface area contributed by atoms with Crippen molar-refractivity contribution >= 4 is 43.0 Å². The molecule has 0 spiro atoms. The van der Waals surface area contributed by atoms with Gasteiger partial charge in [-0.25, -0.2) is 8.42 Å². The van der Waals surface area contributed by atoms with Crippen LogP contribution >= 0.6 is 11.3 Å². The van der Waals surface area contributed by atoms with Crippen LogP contribution in [0.15, 0.2) is 65.0 Å². The van der Waals surface area contributed by atoms with Crippen LogP contribution < -0.4 is 9.70 Å². The van der Waals surface area contributed by atoms with E-state index in [1.807, 2.05) is 16.7 Å². The molecule has 3 rings (SSSR count). The van der Waals surface area contributed by atoms with Gasteiger partial charge in [0.25, 0.3) is 5.91 Å². The van der Waals surface area contributed by atoms with E-state index in [1.54, 1.807) is 36.4 Å². The summed E-state index contributed by atoms with van der Waals surface area (Å²) in [5.74, 6) is -0.339. The molecule has 0 bridgehead atoms. The van der Waals surface area contributed by atoms with E-state index in [0.717, 1.165) is 29.0 Å². The fourth-order valence-electron chi connectivity index (χ4n) is 3.23. The van der Waals surface area contributed by atoms with Crippen molar-refractivity contribution in [3.8, 4) is 0 Å². The molecular formula is C22H25N3O3S2. The summed E-state index contributed by atoms with van der Waals surface area (Å²) in [6.07, 6.45) is 2.90. The highest BCUT2D eigenvalue weighted by molar-refractivity contribution is 7.90. The SMILES string of the molecule is C=CCn1c(=NC(=O)c2ccc(N(CC)CC)cc2)sc2cc(S(C)(=O)=O)ccc21. The molecule has 3 aromatic rings. The fraction of sp³-hybridized carbons (Fsp3) is 0.273. The van der Waals surface area contributed by atoms with Gasteiger partial charge in [-0.2, -0.15) is 4.99 Å². The summed E-state index contributed by atoms with van der Waals surface area (Å²) in [6, 6.07) is 12.4. The first-order chi connectivity index (χ1) is 14.3. The van der Waals surface area contributed by atoms with Crippen molar-refractivity contribution in [1.29, 1.82) is 0 Å². The summed E-state index contributed by atoms with van der Waals surface area (Å²) in [7, 11) is -3.32. The van der Waals surface area contributed by atoms with Crippen LogP contribution in [0.5, 0.6) is 0 Å². The molecule has 8 heteroatoms. The third-order valence-electron chi connectivity index (χ3n) is 4.83. The number of nitrogens with zero attached hydrogens (tertiary/aromatic N) is 3. The molecule has 0 radical (unpaired) electrons. The van der Waals surface area contributed by atoms with Crippen molar-refractivity contribution in [1.82, 2.24) is 4.57 Å². The number of amides is 1. The van der Waals surface area contributed by atoms with Gasteiger partial charge in [0.1, 0.15) is 0 Å². The number of benzene rings is 2. The topological polar surface area (TPSA) is 71.7 Å². The van der Waals surface area contributed by atoms with E-state index in [4.69, 9.17) is 0 Å². The number of hydrogen-bond donors (Lipinski definition) is 0. The Morgan fingerprint density at radius 3 is 2.40 bits per heavy atom. The molecule has 0 aliphatic rings. The Kier molecular flexibility index (Phi) is 6.58. The van der Waals surface area contributed by atoms with E-state index in [0.29, 0.717) is 16.9 Å². The van der Waals surface area contributed by atoms with Crippen LogP contribution in [0, 0.1) is 0 Å². The lowest BCUT2D eigenvalue weighted by Crippen LogP contribution is -2.21. The molecule has 0 unspecified atom stereocenters. The third kappa shape index (κ3) is 4.55. The monoisotopic (exact) mass is 443 g/mol. The first-order valence-corrected chi connectivity index (χ1v) is 12.4. The molecule has 0 saturated carbocycles. The molecule has 2 aromatic carbocycles. The van der Waals surface area contributed by atoms with E-state index in [9.17, 15) is 13.2 Å². The Bertz CT molecular complexity index is 1250. The second-order valence-corrected chi connectivity index (χ2v) is 9.85. The Morgan fingerprint density at radius 2 is 1.83 bits per heavy atom. The van der Waals surface area contributed by atoms with Crippen molar-refractivity contribution < 1.29 is 13.2 Å². The average molecular weight is 444 g/mol. The number of anilines is 1. The summed E-state index contributed by atoms with van der Waals surface area (Å²) in [5, 5.41) is 0. The van der Waals surface area contributed by atoms with Crippen LogP contribution in [-0.2, 0) is 16.4 Å². The van der Waals surface area contributed by atoms with Crippen molar-refractivity contribution in [3.63, 3.8) is 0 Å². The van der Waals surface area contributed by atoms with Gasteiger partial charge >= 0.3 is 0 Å². The van der Waals surface area contributed by atoms with Crippen molar-refractivity contribution in [2.75, 3.05) is 24.2 Å². The number of fused-ring (bicyclic) bond motifs is 1. The van der Waals surface area contributed by atoms with Gasteiger partial charge in [0.15, 0.2) is 14.6 Å². The zero-order chi connectivity index (χ0) is 21.9. The second kappa shape index (κ2) is 8.97. The fourth-order valence-corrected chi connectivity index (χ4v) is 5.03. The van der Waals surface area contributed by atoms with Crippen LogP contribution in [0.4, 0.5) is 5.69 Å². The Morgan fingerprint density at radius 1 is 1.17 bits per heavy atom. The molecule has 158 valence electrons. The molecule has 6 nitrogen and oxygen atoms in total. The molecule has 0 aliphatic carbocycles. The second-order valence-electron chi connectivity index (χ2n) is 6.82. The average Bonchev–Trinajstić information content (AvgIpc) is 3.05. The molecule has 1 amide bonds. The van der Waals surface area contributed by atoms with Gasteiger partial charge in [0.05, 0.1) is 15.1 Å². The van der Waals surface area contributed by atoms with E-state index in [-0.39, 0.29) is 10.8 Å². The van der Waals surface area contributed by atoms with Gasteiger partial charge in [-0.3, -0.25) is 4.79 Å². The lowest BCUT2D eigenvalue weighted by molar-refractivity contribution is 0.0998. The number of sulfone groups is 1. The molecular weight excluding hydrogens is 418 g/mol. The number of aromatic nitrogens is 1. The predicted octanol–water partition coefficient (Wildman–Crippen LogP) is 3.88. The van der Waals surface area contributed by atoms with Gasteiger partial charge in [0, 0.05) is 37.1 Å². The first kappa shape index (κ1) is 22.0. The van der Waals surface area contributed by atoms with Gasteiger partial charge in [-0.15, -0.1) is 6.58 Å². The van der Waals surface area contributed by atoms with Crippen molar-refractivity contribution in [2.24, 2.45) is 4.99 Å².